The summed E-state index contributed by atoms with van der Waals surface area (Å²) in [6, 6.07) is 13.2. The number of hydrazine groups is 1. The van der Waals surface area contributed by atoms with Gasteiger partial charge in [-0.1, -0.05) is 24.8 Å². The molecule has 2 unspecified atom stereocenters. The molecule has 42 heavy (non-hydrogen) atoms. The topological polar surface area (TPSA) is 138 Å². The molecule has 0 aromatic heterocycles. The fraction of sp³-hybridized carbons (Fsp3) is 0.438. The SMILES string of the molecule is C=C(NC)c1ccc2c(c1)CCc1cc(C(=O)NC)ccc1C2(C[C@H](C)NCC(=O)N1CCCC1C#N)C(=O)NNC. The summed E-state index contributed by atoms with van der Waals surface area (Å²) in [7, 11) is 5.07. The van der Waals surface area contributed by atoms with Gasteiger partial charge in [0.2, 0.25) is 11.8 Å². The Balaban J connectivity index is 1.80. The number of amides is 3. The summed E-state index contributed by atoms with van der Waals surface area (Å²) in [5.74, 6) is -0.540. The maximum absolute atomic E-state index is 14.3. The minimum Gasteiger partial charge on any atom is -0.388 e. The maximum atomic E-state index is 14.3. The molecule has 3 atom stereocenters. The number of carbonyl (C=O) groups is 3. The molecule has 4 rings (SSSR count). The van der Waals surface area contributed by atoms with E-state index in [4.69, 9.17) is 0 Å². The van der Waals surface area contributed by atoms with Gasteiger partial charge in [0, 0.05) is 45.0 Å². The molecule has 1 saturated heterocycles. The Labute approximate surface area is 247 Å². The van der Waals surface area contributed by atoms with Crippen LogP contribution < -0.4 is 26.8 Å². The molecule has 0 saturated carbocycles. The second kappa shape index (κ2) is 13.2. The van der Waals surface area contributed by atoms with E-state index in [1.807, 2.05) is 38.2 Å². The Hall–Kier alpha value is -4.20. The van der Waals surface area contributed by atoms with E-state index in [9.17, 15) is 19.6 Å². The van der Waals surface area contributed by atoms with Crippen molar-refractivity contribution in [3.05, 3.63) is 76.4 Å². The third kappa shape index (κ3) is 5.89. The molecule has 1 aliphatic heterocycles. The van der Waals surface area contributed by atoms with Gasteiger partial charge in [-0.2, -0.15) is 5.26 Å². The lowest BCUT2D eigenvalue weighted by atomic mass is 9.67. The standard InChI is InChI=1S/C32H41N7O3/c1-20(37-19-29(40)39-14-6-7-26(39)18-33)17-32(31(42)38-36-5)27-12-10-22(21(2)34-3)15-23(27)8-9-24-16-25(30(41)35-4)11-13-28(24)32/h10-13,15-16,20,26,34,36-37H,2,6-9,14,17,19H2,1,3-5H3,(H,35,41)(H,38,42)/t20-,26?,32?/m0/s1. The van der Waals surface area contributed by atoms with E-state index >= 15 is 0 Å². The second-order valence-corrected chi connectivity index (χ2v) is 11.0. The molecular formula is C32H41N7O3. The van der Waals surface area contributed by atoms with E-state index in [-0.39, 0.29) is 36.3 Å². The van der Waals surface area contributed by atoms with E-state index in [2.05, 4.69) is 45.5 Å². The third-order valence-corrected chi connectivity index (χ3v) is 8.50. The summed E-state index contributed by atoms with van der Waals surface area (Å²) in [5, 5.41) is 18.6. The van der Waals surface area contributed by atoms with Crippen LogP contribution in [0.1, 0.15) is 64.4 Å². The van der Waals surface area contributed by atoms with Crippen LogP contribution in [0, 0.1) is 11.3 Å². The van der Waals surface area contributed by atoms with E-state index in [1.54, 1.807) is 25.1 Å². The highest BCUT2D eigenvalue weighted by atomic mass is 16.2. The summed E-state index contributed by atoms with van der Waals surface area (Å²) < 4.78 is 0. The number of nitrogens with one attached hydrogen (secondary N) is 5. The maximum Gasteiger partial charge on any atom is 0.251 e. The van der Waals surface area contributed by atoms with Crippen LogP contribution in [0.4, 0.5) is 0 Å². The summed E-state index contributed by atoms with van der Waals surface area (Å²) in [5.41, 5.74) is 10.4. The fourth-order valence-electron chi connectivity index (χ4n) is 6.34. The fourth-order valence-corrected chi connectivity index (χ4v) is 6.34. The van der Waals surface area contributed by atoms with Crippen LogP contribution in [0.3, 0.4) is 0 Å². The largest absolute Gasteiger partial charge is 0.388 e. The van der Waals surface area contributed by atoms with Gasteiger partial charge in [-0.3, -0.25) is 19.8 Å². The van der Waals surface area contributed by atoms with E-state index < -0.39 is 5.41 Å². The Morgan fingerprint density at radius 1 is 1.05 bits per heavy atom. The van der Waals surface area contributed by atoms with Crippen LogP contribution in [0.25, 0.3) is 5.70 Å². The molecule has 0 spiro atoms. The van der Waals surface area contributed by atoms with Gasteiger partial charge in [0.1, 0.15) is 11.5 Å². The van der Waals surface area contributed by atoms with Gasteiger partial charge in [-0.25, -0.2) is 5.43 Å². The van der Waals surface area contributed by atoms with Crippen molar-refractivity contribution in [1.82, 2.24) is 31.7 Å². The Bertz CT molecular complexity index is 1350. The number of nitriles is 1. The van der Waals surface area contributed by atoms with Crippen molar-refractivity contribution >= 4 is 23.4 Å². The monoisotopic (exact) mass is 571 g/mol. The first-order valence-corrected chi connectivity index (χ1v) is 14.5. The molecule has 3 amide bonds. The van der Waals surface area contributed by atoms with Crippen molar-refractivity contribution in [1.29, 1.82) is 5.26 Å². The summed E-state index contributed by atoms with van der Waals surface area (Å²) in [6.45, 7) is 6.73. The predicted octanol–water partition coefficient (Wildman–Crippen LogP) is 1.75. The van der Waals surface area contributed by atoms with Crippen molar-refractivity contribution in [2.75, 3.05) is 34.2 Å². The molecule has 2 aliphatic rings. The lowest BCUT2D eigenvalue weighted by molar-refractivity contribution is -0.130. The lowest BCUT2D eigenvalue weighted by Crippen LogP contribution is -2.53. The molecule has 5 N–H and O–H groups in total. The van der Waals surface area contributed by atoms with Crippen molar-refractivity contribution < 1.29 is 14.4 Å². The average molecular weight is 572 g/mol. The molecule has 10 nitrogen and oxygen atoms in total. The van der Waals surface area contributed by atoms with Crippen molar-refractivity contribution in [3.8, 4) is 6.07 Å². The van der Waals surface area contributed by atoms with Crippen LogP contribution in [0.5, 0.6) is 0 Å². The first kappa shape index (κ1) is 30.8. The predicted molar refractivity (Wildman–Crippen MR) is 162 cm³/mol. The van der Waals surface area contributed by atoms with Gasteiger partial charge in [0.05, 0.1) is 12.6 Å². The molecule has 0 bridgehead atoms. The molecule has 2 aromatic rings. The van der Waals surface area contributed by atoms with E-state index in [1.165, 1.54) is 0 Å². The molecule has 10 heteroatoms. The number of carbonyl (C=O) groups excluding carboxylic acids is 3. The molecule has 1 fully saturated rings. The van der Waals surface area contributed by atoms with Crippen LogP contribution in [0.15, 0.2) is 43.0 Å². The van der Waals surface area contributed by atoms with Gasteiger partial charge in [0.25, 0.3) is 5.91 Å². The normalized spacial score (nSPS) is 19.9. The van der Waals surface area contributed by atoms with Gasteiger partial charge in [-0.05, 0) is 85.0 Å². The number of benzene rings is 2. The number of likely N-dealkylation sites (tertiary alicyclic amines) is 1. The van der Waals surface area contributed by atoms with Crippen LogP contribution in [-0.2, 0) is 27.8 Å². The summed E-state index contributed by atoms with van der Waals surface area (Å²) in [4.78, 5) is 41.5. The number of nitrogens with zero attached hydrogens (tertiary/aromatic N) is 2. The molecule has 2 aromatic carbocycles. The van der Waals surface area contributed by atoms with Gasteiger partial charge in [-0.15, -0.1) is 0 Å². The zero-order valence-electron chi connectivity index (χ0n) is 24.9. The Morgan fingerprint density at radius 2 is 1.69 bits per heavy atom. The van der Waals surface area contributed by atoms with E-state index in [0.29, 0.717) is 37.8 Å². The van der Waals surface area contributed by atoms with Gasteiger partial charge >= 0.3 is 0 Å². The van der Waals surface area contributed by atoms with Gasteiger partial charge in [0.15, 0.2) is 0 Å². The van der Waals surface area contributed by atoms with Crippen LogP contribution in [0.2, 0.25) is 0 Å². The summed E-state index contributed by atoms with van der Waals surface area (Å²) in [6.07, 6.45) is 3.17. The number of fused-ring (bicyclic) bond motifs is 2. The highest BCUT2D eigenvalue weighted by molar-refractivity contribution is 5.96. The Kier molecular flexibility index (Phi) is 9.66. The van der Waals surface area contributed by atoms with Crippen LogP contribution in [-0.4, -0.2) is 68.9 Å². The second-order valence-electron chi connectivity index (χ2n) is 11.0. The number of hydrogen-bond donors (Lipinski definition) is 5. The van der Waals surface area contributed by atoms with Crippen molar-refractivity contribution in [3.63, 3.8) is 0 Å². The number of hydrogen-bond acceptors (Lipinski definition) is 7. The highest BCUT2D eigenvalue weighted by Crippen LogP contribution is 2.44. The third-order valence-electron chi connectivity index (χ3n) is 8.50. The zero-order valence-corrected chi connectivity index (χ0v) is 24.9. The van der Waals surface area contributed by atoms with Crippen molar-refractivity contribution in [2.45, 2.75) is 56.5 Å². The molecule has 222 valence electrons. The van der Waals surface area contributed by atoms with E-state index in [0.717, 1.165) is 39.9 Å². The molecule has 0 radical (unpaired) electrons. The summed E-state index contributed by atoms with van der Waals surface area (Å²) >= 11 is 0. The van der Waals surface area contributed by atoms with Crippen molar-refractivity contribution in [2.24, 2.45) is 0 Å². The molecule has 1 aliphatic carbocycles. The average Bonchev–Trinajstić information content (AvgIpc) is 3.45. The lowest BCUT2D eigenvalue weighted by Gasteiger charge is -2.37. The van der Waals surface area contributed by atoms with Crippen LogP contribution >= 0.6 is 0 Å². The minimum absolute atomic E-state index is 0.0688. The zero-order chi connectivity index (χ0) is 30.4. The van der Waals surface area contributed by atoms with Gasteiger partial charge < -0.3 is 20.9 Å². The first-order chi connectivity index (χ1) is 20.2. The molecule has 1 heterocycles. The molecular weight excluding hydrogens is 530 g/mol. The number of aryl methyl sites for hydroxylation is 2. The highest BCUT2D eigenvalue weighted by Gasteiger charge is 2.47. The number of rotatable bonds is 10. The quantitative estimate of drug-likeness (QED) is 0.274. The minimum atomic E-state index is -1.14. The smallest absolute Gasteiger partial charge is 0.251 e. The Morgan fingerprint density at radius 3 is 2.29 bits per heavy atom. The first-order valence-electron chi connectivity index (χ1n) is 14.5.